The predicted molar refractivity (Wildman–Crippen MR) is 29.7 cm³/mol. The Morgan fingerprint density at radius 3 is 0.800 bits per heavy atom. The molecule has 0 atom stereocenters. The molecule has 5 heteroatoms. The van der Waals surface area contributed by atoms with E-state index in [4.69, 9.17) is 0 Å². The van der Waals surface area contributed by atoms with Gasteiger partial charge in [0.1, 0.15) is 0 Å². The van der Waals surface area contributed by atoms with Crippen LogP contribution in [0.25, 0.3) is 0 Å². The SMILES string of the molecule is B.F.[Al+3].[Al+3].[Ca+2]. The van der Waals surface area contributed by atoms with E-state index < -0.39 is 0 Å². The van der Waals surface area contributed by atoms with Crippen molar-refractivity contribution in [2.24, 2.45) is 0 Å². The van der Waals surface area contributed by atoms with E-state index in [-0.39, 0.29) is 85.6 Å². The molecule has 0 saturated heterocycles. The summed E-state index contributed by atoms with van der Waals surface area (Å²) in [7, 11) is 0. The summed E-state index contributed by atoms with van der Waals surface area (Å²) in [4.78, 5) is 0. The van der Waals surface area contributed by atoms with Crippen molar-refractivity contribution in [2.75, 3.05) is 0 Å². The summed E-state index contributed by atoms with van der Waals surface area (Å²) < 4.78 is 0. The quantitative estimate of drug-likeness (QED) is 0.325. The molecule has 0 bridgehead atoms. The summed E-state index contributed by atoms with van der Waals surface area (Å²) in [6.45, 7) is 0. The molecule has 0 aliphatic rings. The van der Waals surface area contributed by atoms with Crippen LogP contribution in [0, 0.1) is 0 Å². The first-order chi connectivity index (χ1) is 0. The predicted octanol–water partition coefficient (Wildman–Crippen LogP) is -2.17. The number of rotatable bonds is 0. The average molecular weight is 128 g/mol. The monoisotopic (exact) mass is 128 g/mol. The van der Waals surface area contributed by atoms with Crippen LogP contribution in [0.15, 0.2) is 0 Å². The Morgan fingerprint density at radius 2 is 0.800 bits per heavy atom. The fourth-order valence-corrected chi connectivity index (χ4v) is 0. The molecule has 0 aromatic heterocycles. The van der Waals surface area contributed by atoms with Crippen molar-refractivity contribution in [1.82, 2.24) is 0 Å². The largest absolute Gasteiger partial charge is 3.00 e. The van der Waals surface area contributed by atoms with Crippen LogP contribution in [0.2, 0.25) is 0 Å². The molecule has 0 aliphatic heterocycles. The van der Waals surface area contributed by atoms with Crippen molar-refractivity contribution in [2.45, 2.75) is 0 Å². The van der Waals surface area contributed by atoms with E-state index in [1.54, 1.807) is 0 Å². The van der Waals surface area contributed by atoms with Gasteiger partial charge in [-0.2, -0.15) is 0 Å². The van der Waals surface area contributed by atoms with Gasteiger partial charge in [0.25, 0.3) is 0 Å². The molecule has 0 radical (unpaired) electrons. The van der Waals surface area contributed by atoms with Crippen molar-refractivity contribution < 1.29 is 4.70 Å². The first-order valence-electron chi connectivity index (χ1n) is 0. The van der Waals surface area contributed by atoms with Crippen molar-refractivity contribution in [3.05, 3.63) is 0 Å². The molecule has 0 rings (SSSR count). The van der Waals surface area contributed by atoms with Crippen molar-refractivity contribution >= 4 is 80.9 Å². The van der Waals surface area contributed by atoms with Gasteiger partial charge in [-0.15, -0.1) is 0 Å². The average Bonchev–Trinajstić information content (AvgIpc) is 0. The fraction of sp³-hybridized carbons (Fsp3) is 0. The van der Waals surface area contributed by atoms with Crippen molar-refractivity contribution in [3.8, 4) is 0 Å². The van der Waals surface area contributed by atoms with E-state index >= 15 is 0 Å². The van der Waals surface area contributed by atoms with Gasteiger partial charge in [-0.3, -0.25) is 4.70 Å². The third-order valence-corrected chi connectivity index (χ3v) is 0. The van der Waals surface area contributed by atoms with E-state index in [9.17, 15) is 0 Å². The molecule has 0 unspecified atom stereocenters. The van der Waals surface area contributed by atoms with Crippen LogP contribution in [0.3, 0.4) is 0 Å². The molecule has 0 aromatic rings. The zero-order valence-electron chi connectivity index (χ0n) is 2.27. The summed E-state index contributed by atoms with van der Waals surface area (Å²) in [5.41, 5.74) is 0. The zero-order valence-corrected chi connectivity index (χ0v) is 6.79. The Kier molecular flexibility index (Phi) is 361. The Labute approximate surface area is 84.3 Å². The Morgan fingerprint density at radius 1 is 0.800 bits per heavy atom. The smallest absolute Gasteiger partial charge is 0.269 e. The van der Waals surface area contributed by atoms with Crippen molar-refractivity contribution in [1.29, 1.82) is 0 Å². The second-order valence-electron chi connectivity index (χ2n) is 0. The van der Waals surface area contributed by atoms with Crippen LogP contribution in [0.5, 0.6) is 0 Å². The molecule has 0 spiro atoms. The maximum Gasteiger partial charge on any atom is 3.00 e. The summed E-state index contributed by atoms with van der Waals surface area (Å²) >= 11 is 0. The Bertz CT molecular complexity index is 9.61. The molecule has 14 valence electrons. The maximum absolute atomic E-state index is 0. The normalized spacial score (nSPS) is 0. The second-order valence-corrected chi connectivity index (χ2v) is 0. The van der Waals surface area contributed by atoms with Crippen molar-refractivity contribution in [3.63, 3.8) is 0 Å². The molecule has 0 amide bonds. The molecular weight excluding hydrogens is 124 g/mol. The number of hydrogen-bond donors (Lipinski definition) is 0. The second kappa shape index (κ2) is 33.2. The van der Waals surface area contributed by atoms with E-state index in [0.29, 0.717) is 0 Å². The van der Waals surface area contributed by atoms with Crippen LogP contribution in [-0.2, 0) is 0 Å². The Balaban J connectivity index is 0. The van der Waals surface area contributed by atoms with Crippen LogP contribution in [-0.4, -0.2) is 80.9 Å². The third-order valence-electron chi connectivity index (χ3n) is 0. The molecule has 0 saturated carbocycles. The zero-order chi connectivity index (χ0) is 0. The molecular formula is H4Al2BCaF+8. The minimum absolute atomic E-state index is 0. The molecule has 0 aliphatic carbocycles. The standard InChI is InChI=1S/2Al.BH3.Ca.FH/h;;1H3;;1H/q2*+3;;+2;. The molecule has 0 aromatic carbocycles. The molecule has 5 heavy (non-hydrogen) atoms. The van der Waals surface area contributed by atoms with Gasteiger partial charge in [-0.05, 0) is 0 Å². The van der Waals surface area contributed by atoms with Crippen LogP contribution >= 0.6 is 0 Å². The van der Waals surface area contributed by atoms with Gasteiger partial charge in [0, 0.05) is 0 Å². The minimum Gasteiger partial charge on any atom is -0.269 e. The van der Waals surface area contributed by atoms with Crippen LogP contribution in [0.4, 0.5) is 4.70 Å². The molecule has 0 heterocycles. The van der Waals surface area contributed by atoms with Gasteiger partial charge in [0.2, 0.25) is 0 Å². The molecule has 0 N–H and O–H groups in total. The number of halogens is 1. The van der Waals surface area contributed by atoms with Gasteiger partial charge in [-0.1, -0.05) is 0 Å². The number of hydrogen-bond acceptors (Lipinski definition) is 0. The summed E-state index contributed by atoms with van der Waals surface area (Å²) in [5.74, 6) is 0. The Hall–Kier alpha value is 2.32. The van der Waals surface area contributed by atoms with E-state index in [1.807, 2.05) is 0 Å². The van der Waals surface area contributed by atoms with E-state index in [1.165, 1.54) is 0 Å². The fourth-order valence-electron chi connectivity index (χ4n) is 0. The third kappa shape index (κ3) is 21.9. The van der Waals surface area contributed by atoms with Gasteiger partial charge in [0.15, 0.2) is 0 Å². The minimum atomic E-state index is 0. The summed E-state index contributed by atoms with van der Waals surface area (Å²) in [5, 5.41) is 0. The van der Waals surface area contributed by atoms with Crippen LogP contribution in [0.1, 0.15) is 0 Å². The van der Waals surface area contributed by atoms with Gasteiger partial charge < -0.3 is 0 Å². The van der Waals surface area contributed by atoms with E-state index in [2.05, 4.69) is 0 Å². The molecule has 0 nitrogen and oxygen atoms in total. The first-order valence-corrected chi connectivity index (χ1v) is 0. The maximum atomic E-state index is 0. The van der Waals surface area contributed by atoms with Gasteiger partial charge in [-0.25, -0.2) is 0 Å². The van der Waals surface area contributed by atoms with Gasteiger partial charge >= 0.3 is 72.5 Å². The molecule has 0 fully saturated rings. The topological polar surface area (TPSA) is 0 Å². The van der Waals surface area contributed by atoms with E-state index in [0.717, 1.165) is 0 Å². The first kappa shape index (κ1) is 54.3. The van der Waals surface area contributed by atoms with Gasteiger partial charge in [0.05, 0.1) is 8.41 Å². The van der Waals surface area contributed by atoms with Crippen LogP contribution < -0.4 is 0 Å². The summed E-state index contributed by atoms with van der Waals surface area (Å²) in [6, 6.07) is 0. The summed E-state index contributed by atoms with van der Waals surface area (Å²) in [6.07, 6.45) is 0.